The summed E-state index contributed by atoms with van der Waals surface area (Å²) in [5, 5.41) is 15.1. The van der Waals surface area contributed by atoms with Crippen LogP contribution in [-0.2, 0) is 16.9 Å². The first-order valence-electron chi connectivity index (χ1n) is 11.1. The summed E-state index contributed by atoms with van der Waals surface area (Å²) in [7, 11) is 0. The van der Waals surface area contributed by atoms with Crippen LogP contribution in [0.1, 0.15) is 28.6 Å². The Kier molecular flexibility index (Phi) is 5.59. The number of aromatic nitrogens is 3. The van der Waals surface area contributed by atoms with Gasteiger partial charge in [0.25, 0.3) is 11.5 Å². The molecule has 13 heteroatoms. The number of H-pyrrole nitrogens is 1. The summed E-state index contributed by atoms with van der Waals surface area (Å²) in [6, 6.07) is 8.38. The van der Waals surface area contributed by atoms with E-state index in [2.05, 4.69) is 20.3 Å². The lowest BCUT2D eigenvalue weighted by Crippen LogP contribution is -2.53. The molecule has 37 heavy (non-hydrogen) atoms. The van der Waals surface area contributed by atoms with E-state index in [1.807, 2.05) is 5.32 Å². The van der Waals surface area contributed by atoms with Crippen LogP contribution >= 0.6 is 0 Å². The molecule has 0 saturated carbocycles. The summed E-state index contributed by atoms with van der Waals surface area (Å²) < 4.78 is 5.96. The second-order valence-corrected chi connectivity index (χ2v) is 8.80. The Bertz CT molecular complexity index is 1630. The van der Waals surface area contributed by atoms with Crippen molar-refractivity contribution in [2.45, 2.75) is 19.0 Å². The van der Waals surface area contributed by atoms with Crippen LogP contribution in [0.25, 0.3) is 22.4 Å². The number of nitrogens with zero attached hydrogens (tertiary/aromatic N) is 3. The second kappa shape index (κ2) is 8.78. The number of carbonyl (C=O) groups excluding carboxylic acids is 3. The standard InChI is InChI=1S/C24H21N7O6/c1-24(30-23(36)27-11-32,10-31-9-12-2-3-15(33)6-16(12)21(31)35)18-5-13-4-14(8-26-20(13)37-18)17-7-19(34)29-22(25)28-17/h2-8,11,33H,9-10H2,1H3,(H3,25,28,29,34)(H2,27,30,32,36)/t24-/m0/s1. The van der Waals surface area contributed by atoms with Gasteiger partial charge in [-0.3, -0.25) is 24.7 Å². The Balaban J connectivity index is 1.52. The van der Waals surface area contributed by atoms with Crippen molar-refractivity contribution in [1.82, 2.24) is 30.5 Å². The number of nitrogens with two attached hydrogens (primary N) is 1. The zero-order valence-corrected chi connectivity index (χ0v) is 19.4. The molecule has 0 fully saturated rings. The summed E-state index contributed by atoms with van der Waals surface area (Å²) in [5.74, 6) is -0.142. The highest BCUT2D eigenvalue weighted by Gasteiger charge is 2.39. The van der Waals surface area contributed by atoms with Gasteiger partial charge in [0, 0.05) is 35.3 Å². The molecule has 0 aliphatic carbocycles. The fraction of sp³-hybridized carbons (Fsp3) is 0.167. The average molecular weight is 503 g/mol. The molecule has 4 aromatic rings. The zero-order valence-electron chi connectivity index (χ0n) is 19.4. The fourth-order valence-corrected chi connectivity index (χ4v) is 4.35. The molecule has 0 bridgehead atoms. The molecule has 6 N–H and O–H groups in total. The monoisotopic (exact) mass is 503 g/mol. The van der Waals surface area contributed by atoms with Crippen LogP contribution in [0.2, 0.25) is 0 Å². The minimum absolute atomic E-state index is 0.0214. The molecule has 5 rings (SSSR count). The molecule has 0 saturated heterocycles. The molecule has 0 unspecified atom stereocenters. The first-order valence-corrected chi connectivity index (χ1v) is 11.1. The topological polar surface area (TPSA) is 197 Å². The minimum Gasteiger partial charge on any atom is -0.508 e. The minimum atomic E-state index is -1.29. The predicted molar refractivity (Wildman–Crippen MR) is 130 cm³/mol. The number of phenols is 1. The number of urea groups is 1. The molecule has 1 atom stereocenters. The number of anilines is 1. The van der Waals surface area contributed by atoms with Gasteiger partial charge >= 0.3 is 6.03 Å². The maximum atomic E-state index is 13.0. The lowest BCUT2D eigenvalue weighted by atomic mass is 9.97. The van der Waals surface area contributed by atoms with E-state index >= 15 is 0 Å². The van der Waals surface area contributed by atoms with Crippen molar-refractivity contribution in [2.24, 2.45) is 0 Å². The number of hydrogen-bond acceptors (Lipinski definition) is 9. The summed E-state index contributed by atoms with van der Waals surface area (Å²) in [6.07, 6.45) is 1.70. The third kappa shape index (κ3) is 4.45. The highest BCUT2D eigenvalue weighted by Crippen LogP contribution is 2.33. The highest BCUT2D eigenvalue weighted by atomic mass is 16.3. The molecule has 4 amide bonds. The van der Waals surface area contributed by atoms with Gasteiger partial charge < -0.3 is 25.5 Å². The number of furan rings is 1. The van der Waals surface area contributed by atoms with E-state index in [0.29, 0.717) is 22.2 Å². The largest absolute Gasteiger partial charge is 0.508 e. The Morgan fingerprint density at radius 2 is 2.11 bits per heavy atom. The summed E-state index contributed by atoms with van der Waals surface area (Å²) in [4.78, 5) is 60.3. The normalized spacial score (nSPS) is 14.3. The van der Waals surface area contributed by atoms with Gasteiger partial charge in [-0.05, 0) is 36.8 Å². The van der Waals surface area contributed by atoms with Crippen molar-refractivity contribution in [1.29, 1.82) is 0 Å². The molecule has 0 spiro atoms. The number of fused-ring (bicyclic) bond motifs is 2. The quantitative estimate of drug-likeness (QED) is 0.240. The van der Waals surface area contributed by atoms with E-state index < -0.39 is 17.1 Å². The number of rotatable bonds is 6. The first kappa shape index (κ1) is 23.5. The molecule has 1 aliphatic rings. The lowest BCUT2D eigenvalue weighted by Gasteiger charge is -2.32. The van der Waals surface area contributed by atoms with Crippen molar-refractivity contribution >= 4 is 35.4 Å². The number of imide groups is 1. The van der Waals surface area contributed by atoms with Crippen LogP contribution < -0.4 is 21.9 Å². The molecule has 0 radical (unpaired) electrons. The van der Waals surface area contributed by atoms with Gasteiger partial charge in [-0.2, -0.15) is 0 Å². The molecule has 13 nitrogen and oxygen atoms in total. The zero-order chi connectivity index (χ0) is 26.3. The van der Waals surface area contributed by atoms with E-state index in [4.69, 9.17) is 10.2 Å². The molecule has 188 valence electrons. The van der Waals surface area contributed by atoms with Crippen LogP contribution in [-0.4, -0.2) is 49.9 Å². The third-order valence-corrected chi connectivity index (χ3v) is 6.03. The molecule has 1 aromatic carbocycles. The molecule has 1 aliphatic heterocycles. The number of amides is 4. The number of hydrogen-bond donors (Lipinski definition) is 5. The van der Waals surface area contributed by atoms with Gasteiger partial charge in [-0.15, -0.1) is 0 Å². The Labute approximate surface area is 208 Å². The van der Waals surface area contributed by atoms with Crippen LogP contribution in [0.4, 0.5) is 10.7 Å². The number of benzene rings is 1. The van der Waals surface area contributed by atoms with Gasteiger partial charge in [0.1, 0.15) is 17.0 Å². The van der Waals surface area contributed by atoms with E-state index in [1.165, 1.54) is 29.3 Å². The Morgan fingerprint density at radius 1 is 1.30 bits per heavy atom. The third-order valence-electron chi connectivity index (χ3n) is 6.03. The van der Waals surface area contributed by atoms with E-state index in [0.717, 1.165) is 5.56 Å². The van der Waals surface area contributed by atoms with E-state index in [-0.39, 0.29) is 48.6 Å². The summed E-state index contributed by atoms with van der Waals surface area (Å²) in [5.41, 5.74) is 6.09. The fourth-order valence-electron chi connectivity index (χ4n) is 4.35. The maximum Gasteiger partial charge on any atom is 0.322 e. The van der Waals surface area contributed by atoms with Crippen molar-refractivity contribution in [3.63, 3.8) is 0 Å². The van der Waals surface area contributed by atoms with Gasteiger partial charge in [0.2, 0.25) is 18.1 Å². The highest BCUT2D eigenvalue weighted by molar-refractivity contribution is 5.99. The second-order valence-electron chi connectivity index (χ2n) is 8.80. The predicted octanol–water partition coefficient (Wildman–Crippen LogP) is 1.19. The molecular weight excluding hydrogens is 482 g/mol. The SMILES string of the molecule is C[C@@](CN1Cc2ccc(O)cc2C1=O)(NC(=O)NC=O)c1cc2cc(-c3cc(=O)[nH]c(N)n3)cnc2o1. The summed E-state index contributed by atoms with van der Waals surface area (Å²) in [6.45, 7) is 1.87. The van der Waals surface area contributed by atoms with E-state index in [9.17, 15) is 24.3 Å². The number of carbonyl (C=O) groups is 3. The number of nitrogen functional groups attached to an aromatic ring is 1. The maximum absolute atomic E-state index is 13.0. The van der Waals surface area contributed by atoms with Gasteiger partial charge in [0.05, 0.1) is 12.2 Å². The number of aromatic hydroxyl groups is 1. The van der Waals surface area contributed by atoms with Crippen molar-refractivity contribution in [3.8, 4) is 17.0 Å². The van der Waals surface area contributed by atoms with Gasteiger partial charge in [-0.25, -0.2) is 14.8 Å². The number of phenolic OH excluding ortho intramolecular Hbond substituents is 1. The number of nitrogens with one attached hydrogen (secondary N) is 3. The van der Waals surface area contributed by atoms with Crippen LogP contribution in [0.5, 0.6) is 5.75 Å². The van der Waals surface area contributed by atoms with Crippen molar-refractivity contribution in [3.05, 3.63) is 69.8 Å². The van der Waals surface area contributed by atoms with Crippen LogP contribution in [0, 0.1) is 0 Å². The van der Waals surface area contributed by atoms with Gasteiger partial charge in [0.15, 0.2) is 0 Å². The number of pyridine rings is 1. The molecular formula is C24H21N7O6. The van der Waals surface area contributed by atoms with Crippen molar-refractivity contribution < 1.29 is 23.9 Å². The summed E-state index contributed by atoms with van der Waals surface area (Å²) >= 11 is 0. The Morgan fingerprint density at radius 3 is 2.86 bits per heavy atom. The lowest BCUT2D eigenvalue weighted by molar-refractivity contribution is -0.108. The van der Waals surface area contributed by atoms with Crippen molar-refractivity contribution in [2.75, 3.05) is 12.3 Å². The smallest absolute Gasteiger partial charge is 0.322 e. The first-order chi connectivity index (χ1) is 17.6. The van der Waals surface area contributed by atoms with Crippen LogP contribution in [0.15, 0.2) is 51.8 Å². The van der Waals surface area contributed by atoms with Gasteiger partial charge in [-0.1, -0.05) is 6.07 Å². The molecule has 4 heterocycles. The van der Waals surface area contributed by atoms with Crippen LogP contribution in [0.3, 0.4) is 0 Å². The van der Waals surface area contributed by atoms with E-state index in [1.54, 1.807) is 25.1 Å². The molecule has 3 aromatic heterocycles. The number of aromatic amines is 1. The average Bonchev–Trinajstić information content (AvgIpc) is 3.40. The Hall–Kier alpha value is -5.20.